The predicted octanol–water partition coefficient (Wildman–Crippen LogP) is 3.36. The molecule has 0 bridgehead atoms. The van der Waals surface area contributed by atoms with Gasteiger partial charge in [0.2, 0.25) is 0 Å². The number of aromatic nitrogens is 2. The van der Waals surface area contributed by atoms with Gasteiger partial charge in [-0.05, 0) is 37.1 Å². The standard InChI is InChI=1S/C21H23F3N4O2/c1-12-6-16-18(10-28(20(16)29)13(2)11-30-3)26-19(12)27-5-4-17-14(9-27)7-15(8-25-17)21(22,23)24/h6-8,13H,4-5,9-11H2,1-3H3/t13-/m1/s1. The number of methoxy groups -OCH3 is 1. The van der Waals surface area contributed by atoms with Crippen molar-refractivity contribution >= 4 is 11.7 Å². The first-order chi connectivity index (χ1) is 14.2. The molecule has 2 aromatic heterocycles. The minimum atomic E-state index is -4.42. The van der Waals surface area contributed by atoms with Crippen molar-refractivity contribution in [2.45, 2.75) is 45.6 Å². The number of carbonyl (C=O) groups is 1. The molecule has 0 N–H and O–H groups in total. The quantitative estimate of drug-likeness (QED) is 0.759. The molecule has 2 aliphatic rings. The van der Waals surface area contributed by atoms with Crippen molar-refractivity contribution in [3.63, 3.8) is 0 Å². The van der Waals surface area contributed by atoms with Crippen LogP contribution in [0.3, 0.4) is 0 Å². The molecule has 0 unspecified atom stereocenters. The second kappa shape index (κ2) is 7.54. The molecule has 30 heavy (non-hydrogen) atoms. The lowest BCUT2D eigenvalue weighted by Gasteiger charge is -2.31. The number of carbonyl (C=O) groups excluding carboxylic acids is 1. The van der Waals surface area contributed by atoms with Crippen molar-refractivity contribution in [2.24, 2.45) is 0 Å². The van der Waals surface area contributed by atoms with E-state index in [4.69, 9.17) is 9.72 Å². The van der Waals surface area contributed by atoms with E-state index in [0.717, 1.165) is 11.8 Å². The van der Waals surface area contributed by atoms with Crippen LogP contribution in [-0.2, 0) is 30.4 Å². The summed E-state index contributed by atoms with van der Waals surface area (Å²) < 4.78 is 44.4. The summed E-state index contributed by atoms with van der Waals surface area (Å²) in [4.78, 5) is 25.2. The molecule has 1 atom stereocenters. The van der Waals surface area contributed by atoms with Crippen molar-refractivity contribution in [1.29, 1.82) is 0 Å². The van der Waals surface area contributed by atoms with E-state index in [0.29, 0.717) is 61.0 Å². The van der Waals surface area contributed by atoms with Gasteiger partial charge in [0.25, 0.3) is 5.91 Å². The molecule has 0 radical (unpaired) electrons. The summed E-state index contributed by atoms with van der Waals surface area (Å²) in [5, 5.41) is 0. The minimum Gasteiger partial charge on any atom is -0.383 e. The molecule has 2 aromatic rings. The van der Waals surface area contributed by atoms with E-state index in [-0.39, 0.29) is 11.9 Å². The first-order valence-corrected chi connectivity index (χ1v) is 9.79. The van der Waals surface area contributed by atoms with Gasteiger partial charge in [-0.2, -0.15) is 13.2 Å². The first-order valence-electron chi connectivity index (χ1n) is 9.79. The normalized spacial score (nSPS) is 17.2. The number of hydrogen-bond acceptors (Lipinski definition) is 5. The zero-order chi connectivity index (χ0) is 21.6. The van der Waals surface area contributed by atoms with Crippen LogP contribution in [0.1, 0.15) is 45.4 Å². The molecule has 0 spiro atoms. The molecule has 9 heteroatoms. The van der Waals surface area contributed by atoms with Crippen molar-refractivity contribution in [3.05, 3.63) is 52.0 Å². The van der Waals surface area contributed by atoms with E-state index in [2.05, 4.69) is 4.98 Å². The summed E-state index contributed by atoms with van der Waals surface area (Å²) in [6, 6.07) is 2.93. The summed E-state index contributed by atoms with van der Waals surface area (Å²) in [5.41, 5.74) is 2.60. The number of aryl methyl sites for hydroxylation is 1. The van der Waals surface area contributed by atoms with Crippen LogP contribution in [0.4, 0.5) is 19.0 Å². The molecule has 4 heterocycles. The topological polar surface area (TPSA) is 58.6 Å². The molecule has 4 rings (SSSR count). The number of fused-ring (bicyclic) bond motifs is 2. The number of pyridine rings is 2. The number of halogens is 3. The number of alkyl halides is 3. The van der Waals surface area contributed by atoms with Crippen LogP contribution in [0.5, 0.6) is 0 Å². The highest BCUT2D eigenvalue weighted by atomic mass is 19.4. The Kier molecular flexibility index (Phi) is 5.17. The fourth-order valence-electron chi connectivity index (χ4n) is 4.10. The van der Waals surface area contributed by atoms with Gasteiger partial charge in [-0.15, -0.1) is 0 Å². The highest BCUT2D eigenvalue weighted by molar-refractivity contribution is 5.98. The van der Waals surface area contributed by atoms with E-state index in [1.807, 2.05) is 24.8 Å². The maximum atomic E-state index is 13.1. The molecule has 6 nitrogen and oxygen atoms in total. The molecule has 160 valence electrons. The number of nitrogens with zero attached hydrogens (tertiary/aromatic N) is 4. The fourth-order valence-corrected chi connectivity index (χ4v) is 4.10. The van der Waals surface area contributed by atoms with Crippen molar-refractivity contribution in [2.75, 3.05) is 25.2 Å². The van der Waals surface area contributed by atoms with Crippen LogP contribution in [0.25, 0.3) is 0 Å². The Morgan fingerprint density at radius 3 is 2.70 bits per heavy atom. The van der Waals surface area contributed by atoms with Gasteiger partial charge in [0.1, 0.15) is 5.82 Å². The Morgan fingerprint density at radius 2 is 2.00 bits per heavy atom. The van der Waals surface area contributed by atoms with Gasteiger partial charge in [-0.3, -0.25) is 9.78 Å². The third-order valence-electron chi connectivity index (χ3n) is 5.68. The van der Waals surface area contributed by atoms with Crippen molar-refractivity contribution in [3.8, 4) is 0 Å². The molecule has 0 saturated carbocycles. The summed E-state index contributed by atoms with van der Waals surface area (Å²) >= 11 is 0. The summed E-state index contributed by atoms with van der Waals surface area (Å²) in [7, 11) is 1.60. The molecule has 2 aliphatic heterocycles. The van der Waals surface area contributed by atoms with Crippen LogP contribution in [0, 0.1) is 6.92 Å². The van der Waals surface area contributed by atoms with Crippen LogP contribution in [0.2, 0.25) is 0 Å². The van der Waals surface area contributed by atoms with Gasteiger partial charge < -0.3 is 14.5 Å². The van der Waals surface area contributed by atoms with E-state index in [1.54, 1.807) is 12.0 Å². The maximum absolute atomic E-state index is 13.1. The van der Waals surface area contributed by atoms with Crippen molar-refractivity contribution in [1.82, 2.24) is 14.9 Å². The van der Waals surface area contributed by atoms with Gasteiger partial charge in [-0.1, -0.05) is 0 Å². The van der Waals surface area contributed by atoms with Gasteiger partial charge in [-0.25, -0.2) is 4.98 Å². The number of hydrogen-bond donors (Lipinski definition) is 0. The molecule has 0 aliphatic carbocycles. The highest BCUT2D eigenvalue weighted by Crippen LogP contribution is 2.33. The molecule has 0 saturated heterocycles. The number of amides is 1. The second-order valence-electron chi connectivity index (χ2n) is 7.86. The van der Waals surface area contributed by atoms with Crippen LogP contribution in [-0.4, -0.2) is 47.1 Å². The lowest BCUT2D eigenvalue weighted by molar-refractivity contribution is -0.137. The molecule has 1 amide bonds. The van der Waals surface area contributed by atoms with Crippen LogP contribution < -0.4 is 4.90 Å². The SMILES string of the molecule is COC[C@@H](C)N1Cc2nc(N3CCc4ncc(C(F)(F)F)cc4C3)c(C)cc2C1=O. The number of anilines is 1. The second-order valence-corrected chi connectivity index (χ2v) is 7.86. The predicted molar refractivity (Wildman–Crippen MR) is 104 cm³/mol. The number of rotatable bonds is 4. The summed E-state index contributed by atoms with van der Waals surface area (Å²) in [6.45, 7) is 5.54. The molecular weight excluding hydrogens is 397 g/mol. The Morgan fingerprint density at radius 1 is 1.23 bits per heavy atom. The summed E-state index contributed by atoms with van der Waals surface area (Å²) in [6.07, 6.45) is -2.98. The van der Waals surface area contributed by atoms with E-state index in [9.17, 15) is 18.0 Å². The van der Waals surface area contributed by atoms with Gasteiger partial charge in [0.05, 0.1) is 36.0 Å². The Labute approximate surface area is 172 Å². The Hall–Kier alpha value is -2.68. The summed E-state index contributed by atoms with van der Waals surface area (Å²) in [5.74, 6) is 0.630. The smallest absolute Gasteiger partial charge is 0.383 e. The fraction of sp³-hybridized carbons (Fsp3) is 0.476. The van der Waals surface area contributed by atoms with Gasteiger partial charge >= 0.3 is 6.18 Å². The molecular formula is C21H23F3N4O2. The zero-order valence-electron chi connectivity index (χ0n) is 17.1. The zero-order valence-corrected chi connectivity index (χ0v) is 17.1. The average molecular weight is 420 g/mol. The van der Waals surface area contributed by atoms with Crippen LogP contribution >= 0.6 is 0 Å². The molecule has 0 aromatic carbocycles. The lowest BCUT2D eigenvalue weighted by Crippen LogP contribution is -2.36. The average Bonchev–Trinajstić information content (AvgIpc) is 3.02. The van der Waals surface area contributed by atoms with E-state index in [1.165, 1.54) is 6.07 Å². The van der Waals surface area contributed by atoms with Crippen LogP contribution in [0.15, 0.2) is 18.3 Å². The third-order valence-corrected chi connectivity index (χ3v) is 5.68. The first kappa shape index (κ1) is 20.6. The number of ether oxygens (including phenoxy) is 1. The van der Waals surface area contributed by atoms with Gasteiger partial charge in [0.15, 0.2) is 0 Å². The minimum absolute atomic E-state index is 0.0697. The Balaban J connectivity index is 1.61. The van der Waals surface area contributed by atoms with Gasteiger partial charge in [0, 0.05) is 38.5 Å². The maximum Gasteiger partial charge on any atom is 0.417 e. The highest BCUT2D eigenvalue weighted by Gasteiger charge is 2.35. The van der Waals surface area contributed by atoms with E-state index < -0.39 is 11.7 Å². The monoisotopic (exact) mass is 420 g/mol. The Bertz CT molecular complexity index is 993. The largest absolute Gasteiger partial charge is 0.417 e. The van der Waals surface area contributed by atoms with Crippen molar-refractivity contribution < 1.29 is 22.7 Å². The molecule has 0 fully saturated rings. The third kappa shape index (κ3) is 3.62. The lowest BCUT2D eigenvalue weighted by atomic mass is 10.0. The van der Waals surface area contributed by atoms with E-state index >= 15 is 0 Å².